The van der Waals surface area contributed by atoms with E-state index in [0.29, 0.717) is 22.3 Å². The Bertz CT molecular complexity index is 1060. The molecule has 0 aliphatic rings. The van der Waals surface area contributed by atoms with Crippen molar-refractivity contribution in [2.24, 2.45) is 0 Å². The Kier molecular flexibility index (Phi) is 5.21. The number of H-pyrrole nitrogens is 1. The van der Waals surface area contributed by atoms with E-state index in [9.17, 15) is 14.4 Å². The number of carbonyl (C=O) groups is 2. The number of amides is 2. The van der Waals surface area contributed by atoms with Crippen molar-refractivity contribution in [1.29, 1.82) is 0 Å². The molecule has 138 valence electrons. The van der Waals surface area contributed by atoms with Crippen LogP contribution < -0.4 is 15.6 Å². The predicted molar refractivity (Wildman–Crippen MR) is 103 cm³/mol. The van der Waals surface area contributed by atoms with Gasteiger partial charge in [0.25, 0.3) is 5.91 Å². The molecule has 1 aromatic heterocycles. The molecule has 0 bridgehead atoms. The van der Waals surface area contributed by atoms with Crippen LogP contribution in [0.25, 0.3) is 10.9 Å². The van der Waals surface area contributed by atoms with E-state index in [-0.39, 0.29) is 23.6 Å². The van der Waals surface area contributed by atoms with Crippen LogP contribution in [0.4, 0.5) is 5.69 Å². The third kappa shape index (κ3) is 4.14. The molecule has 3 rings (SSSR count). The first kappa shape index (κ1) is 18.2. The minimum Gasteiger partial charge on any atom is -0.497 e. The predicted octanol–water partition coefficient (Wildman–Crippen LogP) is 2.25. The lowest BCUT2D eigenvalue weighted by atomic mass is 10.1. The van der Waals surface area contributed by atoms with Crippen molar-refractivity contribution in [3.8, 4) is 5.75 Å². The van der Waals surface area contributed by atoms with Crippen LogP contribution in [0.15, 0.2) is 59.4 Å². The smallest absolute Gasteiger partial charge is 0.254 e. The molecule has 0 unspecified atom stereocenters. The Morgan fingerprint density at radius 2 is 1.89 bits per heavy atom. The summed E-state index contributed by atoms with van der Waals surface area (Å²) in [4.78, 5) is 40.9. The van der Waals surface area contributed by atoms with Gasteiger partial charge < -0.3 is 19.9 Å². The van der Waals surface area contributed by atoms with Crippen LogP contribution in [0.2, 0.25) is 0 Å². The van der Waals surface area contributed by atoms with Gasteiger partial charge in [0, 0.05) is 35.8 Å². The lowest BCUT2D eigenvalue weighted by Crippen LogP contribution is -2.35. The molecule has 27 heavy (non-hydrogen) atoms. The number of nitrogens with zero attached hydrogens (tertiary/aromatic N) is 1. The van der Waals surface area contributed by atoms with Gasteiger partial charge in [0.1, 0.15) is 5.75 Å². The Morgan fingerprint density at radius 1 is 1.11 bits per heavy atom. The van der Waals surface area contributed by atoms with E-state index in [4.69, 9.17) is 4.74 Å². The van der Waals surface area contributed by atoms with Crippen LogP contribution in [0, 0.1) is 0 Å². The van der Waals surface area contributed by atoms with Gasteiger partial charge in [-0.15, -0.1) is 0 Å². The molecule has 0 atom stereocenters. The highest BCUT2D eigenvalue weighted by Crippen LogP contribution is 2.18. The molecule has 2 amide bonds. The number of fused-ring (bicyclic) bond motifs is 1. The van der Waals surface area contributed by atoms with E-state index >= 15 is 0 Å². The van der Waals surface area contributed by atoms with Crippen molar-refractivity contribution in [1.82, 2.24) is 9.88 Å². The van der Waals surface area contributed by atoms with Gasteiger partial charge in [0.05, 0.1) is 19.2 Å². The van der Waals surface area contributed by atoms with Gasteiger partial charge in [0.2, 0.25) is 11.5 Å². The molecule has 0 radical (unpaired) electrons. The van der Waals surface area contributed by atoms with Crippen molar-refractivity contribution in [3.05, 3.63) is 70.5 Å². The SMILES string of the molecule is COc1cccc(NC(=O)CN(C)C(=O)c2cc(=O)[nH]c3ccccc23)c1. The first-order valence-corrected chi connectivity index (χ1v) is 8.29. The summed E-state index contributed by atoms with van der Waals surface area (Å²) in [6.07, 6.45) is 0. The maximum Gasteiger partial charge on any atom is 0.254 e. The fourth-order valence-electron chi connectivity index (χ4n) is 2.78. The number of para-hydroxylation sites is 1. The molecule has 3 aromatic rings. The number of hydrogen-bond acceptors (Lipinski definition) is 4. The summed E-state index contributed by atoms with van der Waals surface area (Å²) in [6, 6.07) is 15.2. The second kappa shape index (κ2) is 7.74. The number of anilines is 1. The van der Waals surface area contributed by atoms with Crippen LogP contribution >= 0.6 is 0 Å². The number of carbonyl (C=O) groups excluding carboxylic acids is 2. The molecule has 0 aliphatic carbocycles. The number of aromatic nitrogens is 1. The van der Waals surface area contributed by atoms with Crippen molar-refractivity contribution < 1.29 is 14.3 Å². The van der Waals surface area contributed by atoms with Crippen molar-refractivity contribution in [2.45, 2.75) is 0 Å². The summed E-state index contributed by atoms with van der Waals surface area (Å²) < 4.78 is 5.12. The van der Waals surface area contributed by atoms with Gasteiger partial charge in [-0.2, -0.15) is 0 Å². The van der Waals surface area contributed by atoms with Gasteiger partial charge in [0.15, 0.2) is 0 Å². The first-order valence-electron chi connectivity index (χ1n) is 8.29. The zero-order valence-electron chi connectivity index (χ0n) is 15.0. The van der Waals surface area contributed by atoms with E-state index in [0.717, 1.165) is 0 Å². The minimum absolute atomic E-state index is 0.156. The van der Waals surface area contributed by atoms with Crippen molar-refractivity contribution in [2.75, 3.05) is 26.0 Å². The fraction of sp³-hybridized carbons (Fsp3) is 0.150. The Morgan fingerprint density at radius 3 is 2.67 bits per heavy atom. The zero-order valence-corrected chi connectivity index (χ0v) is 15.0. The maximum atomic E-state index is 12.8. The van der Waals surface area contributed by atoms with E-state index in [1.165, 1.54) is 18.0 Å². The van der Waals surface area contributed by atoms with Gasteiger partial charge in [-0.25, -0.2) is 0 Å². The summed E-state index contributed by atoms with van der Waals surface area (Å²) >= 11 is 0. The quantitative estimate of drug-likeness (QED) is 0.725. The van der Waals surface area contributed by atoms with Crippen LogP contribution in [0.3, 0.4) is 0 Å². The molecule has 0 fully saturated rings. The second-order valence-corrected chi connectivity index (χ2v) is 6.03. The second-order valence-electron chi connectivity index (χ2n) is 6.03. The molecular weight excluding hydrogens is 346 g/mol. The molecule has 2 N–H and O–H groups in total. The van der Waals surface area contributed by atoms with Crippen molar-refractivity contribution >= 4 is 28.4 Å². The summed E-state index contributed by atoms with van der Waals surface area (Å²) in [5.74, 6) is -0.140. The lowest BCUT2D eigenvalue weighted by Gasteiger charge is -2.18. The molecular formula is C20H19N3O4. The summed E-state index contributed by atoms with van der Waals surface area (Å²) in [6.45, 7) is -0.156. The van der Waals surface area contributed by atoms with Crippen LogP contribution in [0.1, 0.15) is 10.4 Å². The molecule has 1 heterocycles. The highest BCUT2D eigenvalue weighted by Gasteiger charge is 2.18. The summed E-state index contributed by atoms with van der Waals surface area (Å²) in [5, 5.41) is 3.35. The highest BCUT2D eigenvalue weighted by atomic mass is 16.5. The summed E-state index contributed by atoms with van der Waals surface area (Å²) in [7, 11) is 3.06. The Labute approximate surface area is 155 Å². The molecule has 2 aromatic carbocycles. The number of rotatable bonds is 5. The number of hydrogen-bond donors (Lipinski definition) is 2. The topological polar surface area (TPSA) is 91.5 Å². The first-order chi connectivity index (χ1) is 13.0. The molecule has 0 saturated heterocycles. The molecule has 0 aliphatic heterocycles. The van der Waals surface area contributed by atoms with E-state index in [2.05, 4.69) is 10.3 Å². The number of likely N-dealkylation sites (N-methyl/N-ethyl adjacent to an activating group) is 1. The van der Waals surface area contributed by atoms with Crippen molar-refractivity contribution in [3.63, 3.8) is 0 Å². The minimum atomic E-state index is -0.405. The molecule has 7 heteroatoms. The van der Waals surface area contributed by atoms with Crippen LogP contribution in [0.5, 0.6) is 5.75 Å². The summed E-state index contributed by atoms with van der Waals surface area (Å²) in [5.41, 5.74) is 1.03. The molecule has 7 nitrogen and oxygen atoms in total. The third-order valence-electron chi connectivity index (χ3n) is 4.06. The average Bonchev–Trinajstić information content (AvgIpc) is 2.66. The van der Waals surface area contributed by atoms with Gasteiger partial charge in [-0.1, -0.05) is 24.3 Å². The van der Waals surface area contributed by atoms with Gasteiger partial charge in [-0.3, -0.25) is 14.4 Å². The number of pyridine rings is 1. The monoisotopic (exact) mass is 365 g/mol. The third-order valence-corrected chi connectivity index (χ3v) is 4.06. The number of methoxy groups -OCH3 is 1. The normalized spacial score (nSPS) is 10.4. The van der Waals surface area contributed by atoms with Crippen LogP contribution in [-0.2, 0) is 4.79 Å². The van der Waals surface area contributed by atoms with E-state index < -0.39 is 5.91 Å². The van der Waals surface area contributed by atoms with Crippen LogP contribution in [-0.4, -0.2) is 42.4 Å². The van der Waals surface area contributed by atoms with E-state index in [1.807, 2.05) is 0 Å². The number of nitrogens with one attached hydrogen (secondary N) is 2. The highest BCUT2D eigenvalue weighted by molar-refractivity contribution is 6.07. The Balaban J connectivity index is 1.76. The number of benzene rings is 2. The average molecular weight is 365 g/mol. The molecule has 0 saturated carbocycles. The van der Waals surface area contributed by atoms with Gasteiger partial charge in [-0.05, 0) is 18.2 Å². The number of ether oxygens (including phenoxy) is 1. The largest absolute Gasteiger partial charge is 0.497 e. The van der Waals surface area contributed by atoms with E-state index in [1.54, 1.807) is 55.6 Å². The molecule has 0 spiro atoms. The maximum absolute atomic E-state index is 12.8. The lowest BCUT2D eigenvalue weighted by molar-refractivity contribution is -0.116. The fourth-order valence-corrected chi connectivity index (χ4v) is 2.78. The number of aromatic amines is 1. The van der Waals surface area contributed by atoms with Gasteiger partial charge >= 0.3 is 0 Å². The standard InChI is InChI=1S/C20H19N3O4/c1-23(12-19(25)21-13-6-5-7-14(10-13)27-2)20(26)16-11-18(24)22-17-9-4-3-8-15(16)17/h3-11H,12H2,1-2H3,(H,21,25)(H,22,24). The zero-order chi connectivity index (χ0) is 19.4. The Hall–Kier alpha value is -3.61.